The third-order valence-electron chi connectivity index (χ3n) is 6.82. The molecule has 4 heteroatoms. The molecule has 0 amide bonds. The quantitative estimate of drug-likeness (QED) is 0.269. The van der Waals surface area contributed by atoms with E-state index in [1.54, 1.807) is 12.1 Å². The average Bonchev–Trinajstić information content (AvgIpc) is 2.74. The first-order chi connectivity index (χ1) is 13.6. The molecule has 2 nitrogen and oxygen atoms in total. The van der Waals surface area contributed by atoms with Gasteiger partial charge in [-0.05, 0) is 73.8 Å². The molecule has 0 bridgehead atoms. The Balaban J connectivity index is 1.46. The van der Waals surface area contributed by atoms with Gasteiger partial charge in [0.1, 0.15) is 0 Å². The highest BCUT2D eigenvalue weighted by atomic mass is 19.2. The summed E-state index contributed by atoms with van der Waals surface area (Å²) in [5, 5.41) is 0. The zero-order chi connectivity index (χ0) is 19.9. The average molecular weight is 393 g/mol. The van der Waals surface area contributed by atoms with Crippen molar-refractivity contribution in [2.24, 2.45) is 17.8 Å². The van der Waals surface area contributed by atoms with Crippen molar-refractivity contribution < 1.29 is 18.3 Å². The predicted octanol–water partition coefficient (Wildman–Crippen LogP) is 6.99. The molecular weight excluding hydrogens is 358 g/mol. The van der Waals surface area contributed by atoms with Gasteiger partial charge in [0.2, 0.25) is 5.82 Å². The Morgan fingerprint density at radius 2 is 1.64 bits per heavy atom. The van der Waals surface area contributed by atoms with Gasteiger partial charge in [-0.2, -0.15) is 4.39 Å². The van der Waals surface area contributed by atoms with Crippen LogP contribution in [0.1, 0.15) is 76.2 Å². The van der Waals surface area contributed by atoms with Crippen molar-refractivity contribution in [3.63, 3.8) is 0 Å². The number of rotatable bonds is 8. The van der Waals surface area contributed by atoms with Crippen molar-refractivity contribution in [2.45, 2.75) is 70.6 Å². The summed E-state index contributed by atoms with van der Waals surface area (Å²) in [6, 6.07) is 3.22. The summed E-state index contributed by atoms with van der Waals surface area (Å²) in [6.07, 6.45) is 11.8. The summed E-state index contributed by atoms with van der Waals surface area (Å²) in [7, 11) is 0. The van der Waals surface area contributed by atoms with E-state index in [1.165, 1.54) is 32.1 Å². The molecule has 2 aliphatic rings. The third-order valence-corrected chi connectivity index (χ3v) is 6.82. The Morgan fingerprint density at radius 1 is 0.964 bits per heavy atom. The second kappa shape index (κ2) is 10.4. The van der Waals surface area contributed by atoms with Gasteiger partial charge in [0, 0.05) is 0 Å². The minimum atomic E-state index is -0.893. The number of hydrogen-bond donors (Lipinski definition) is 0. The smallest absolute Gasteiger partial charge is 0.201 e. The molecule has 0 N–H and O–H groups in total. The van der Waals surface area contributed by atoms with Gasteiger partial charge in [-0.1, -0.05) is 38.3 Å². The molecular formula is C24H34F2O2. The van der Waals surface area contributed by atoms with Crippen molar-refractivity contribution in [3.05, 3.63) is 42.0 Å². The number of halogens is 2. The SMILES string of the molecule is C=CC1CCC(c2ccc(OCOCC3CCC(CC)CC3)c(F)c2F)CC1. The molecule has 0 unspecified atom stereocenters. The van der Waals surface area contributed by atoms with Crippen molar-refractivity contribution >= 4 is 0 Å². The lowest BCUT2D eigenvalue weighted by Gasteiger charge is -2.28. The molecule has 0 spiro atoms. The molecule has 0 heterocycles. The minimum Gasteiger partial charge on any atom is -0.464 e. The van der Waals surface area contributed by atoms with Crippen molar-refractivity contribution in [2.75, 3.05) is 13.4 Å². The summed E-state index contributed by atoms with van der Waals surface area (Å²) in [5.41, 5.74) is 0.473. The molecule has 0 aromatic heterocycles. The molecule has 0 atom stereocenters. The van der Waals surface area contributed by atoms with Gasteiger partial charge in [-0.25, -0.2) is 4.39 Å². The highest BCUT2D eigenvalue weighted by Crippen LogP contribution is 2.39. The lowest BCUT2D eigenvalue weighted by molar-refractivity contribution is -0.0124. The monoisotopic (exact) mass is 392 g/mol. The topological polar surface area (TPSA) is 18.5 Å². The molecule has 28 heavy (non-hydrogen) atoms. The zero-order valence-corrected chi connectivity index (χ0v) is 17.1. The Morgan fingerprint density at radius 3 is 2.29 bits per heavy atom. The van der Waals surface area contributed by atoms with Crippen LogP contribution in [0.4, 0.5) is 8.78 Å². The lowest BCUT2D eigenvalue weighted by Crippen LogP contribution is -2.19. The largest absolute Gasteiger partial charge is 0.464 e. The Labute approximate surface area is 168 Å². The number of hydrogen-bond acceptors (Lipinski definition) is 2. The fourth-order valence-corrected chi connectivity index (χ4v) is 4.77. The van der Waals surface area contributed by atoms with E-state index in [1.807, 2.05) is 6.08 Å². The van der Waals surface area contributed by atoms with Gasteiger partial charge in [0.25, 0.3) is 0 Å². The molecule has 0 radical (unpaired) electrons. The van der Waals surface area contributed by atoms with Crippen molar-refractivity contribution in [3.8, 4) is 5.75 Å². The van der Waals surface area contributed by atoms with E-state index in [-0.39, 0.29) is 18.5 Å². The van der Waals surface area contributed by atoms with Crippen LogP contribution >= 0.6 is 0 Å². The fourth-order valence-electron chi connectivity index (χ4n) is 4.77. The van der Waals surface area contributed by atoms with E-state index in [0.29, 0.717) is 24.0 Å². The molecule has 2 saturated carbocycles. The first kappa shape index (κ1) is 21.3. The van der Waals surface area contributed by atoms with E-state index >= 15 is 0 Å². The third kappa shape index (κ3) is 5.34. The van der Waals surface area contributed by atoms with E-state index < -0.39 is 11.6 Å². The van der Waals surface area contributed by atoms with E-state index in [4.69, 9.17) is 9.47 Å². The van der Waals surface area contributed by atoms with Crippen molar-refractivity contribution in [1.82, 2.24) is 0 Å². The van der Waals surface area contributed by atoms with E-state index in [0.717, 1.165) is 31.6 Å². The molecule has 156 valence electrons. The van der Waals surface area contributed by atoms with Crippen molar-refractivity contribution in [1.29, 1.82) is 0 Å². The van der Waals surface area contributed by atoms with E-state index in [2.05, 4.69) is 13.5 Å². The van der Waals surface area contributed by atoms with Gasteiger partial charge < -0.3 is 9.47 Å². The summed E-state index contributed by atoms with van der Waals surface area (Å²) < 4.78 is 40.0. The summed E-state index contributed by atoms with van der Waals surface area (Å²) >= 11 is 0. The normalized spacial score (nSPS) is 28.1. The Bertz CT molecular complexity index is 630. The molecule has 2 fully saturated rings. The maximum Gasteiger partial charge on any atom is 0.201 e. The van der Waals surface area contributed by atoms with E-state index in [9.17, 15) is 8.78 Å². The number of allylic oxidation sites excluding steroid dienone is 1. The van der Waals surface area contributed by atoms with Crippen LogP contribution in [-0.4, -0.2) is 13.4 Å². The molecule has 1 aromatic carbocycles. The van der Waals surface area contributed by atoms with Gasteiger partial charge in [0.05, 0.1) is 6.61 Å². The van der Waals surface area contributed by atoms with Crippen LogP contribution in [0.3, 0.4) is 0 Å². The van der Waals surface area contributed by atoms with Crippen LogP contribution < -0.4 is 4.74 Å². The fraction of sp³-hybridized carbons (Fsp3) is 0.667. The number of benzene rings is 1. The second-order valence-electron chi connectivity index (χ2n) is 8.56. The van der Waals surface area contributed by atoms with Crippen LogP contribution in [0.15, 0.2) is 24.8 Å². The summed E-state index contributed by atoms with van der Waals surface area (Å²) in [6.45, 7) is 6.68. The summed E-state index contributed by atoms with van der Waals surface area (Å²) in [5.74, 6) is 0.273. The zero-order valence-electron chi connectivity index (χ0n) is 17.1. The second-order valence-corrected chi connectivity index (χ2v) is 8.56. The van der Waals surface area contributed by atoms with Crippen LogP contribution in [-0.2, 0) is 4.74 Å². The minimum absolute atomic E-state index is 0.0339. The standard InChI is InChI=1S/C24H34F2O2/c1-3-17-5-7-19(8-6-17)15-27-16-28-22-14-13-21(23(25)24(22)26)20-11-9-18(4-2)10-12-20/h4,13-14,17-20H,2-3,5-12,15-16H2,1H3. The highest BCUT2D eigenvalue weighted by Gasteiger charge is 2.26. The van der Waals surface area contributed by atoms with Gasteiger partial charge in [-0.3, -0.25) is 0 Å². The highest BCUT2D eigenvalue weighted by molar-refractivity contribution is 5.33. The van der Waals surface area contributed by atoms with Gasteiger partial charge in [-0.15, -0.1) is 6.58 Å². The molecule has 3 rings (SSSR count). The van der Waals surface area contributed by atoms with Gasteiger partial charge >= 0.3 is 0 Å². The molecule has 1 aromatic rings. The Kier molecular flexibility index (Phi) is 7.90. The molecule has 0 saturated heterocycles. The maximum absolute atomic E-state index is 14.6. The summed E-state index contributed by atoms with van der Waals surface area (Å²) in [4.78, 5) is 0. The molecule has 2 aliphatic carbocycles. The number of ether oxygens (including phenoxy) is 2. The predicted molar refractivity (Wildman–Crippen MR) is 108 cm³/mol. The Hall–Kier alpha value is -1.42. The van der Waals surface area contributed by atoms with Crippen LogP contribution in [0.25, 0.3) is 0 Å². The van der Waals surface area contributed by atoms with Crippen LogP contribution in [0.2, 0.25) is 0 Å². The first-order valence-electron chi connectivity index (χ1n) is 10.9. The van der Waals surface area contributed by atoms with Crippen LogP contribution in [0.5, 0.6) is 5.75 Å². The molecule has 0 aliphatic heterocycles. The van der Waals surface area contributed by atoms with Gasteiger partial charge in [0.15, 0.2) is 18.4 Å². The first-order valence-corrected chi connectivity index (χ1v) is 10.9. The lowest BCUT2D eigenvalue weighted by atomic mass is 9.78. The van der Waals surface area contributed by atoms with Crippen LogP contribution in [0, 0.1) is 29.4 Å². The maximum atomic E-state index is 14.6.